The SMILES string of the molecule is Cc1cc(O)cc(N(c2ccc3c(c2)OCCO3)c2nc(N)ncc2F)c1. The summed E-state index contributed by atoms with van der Waals surface area (Å²) in [5.41, 5.74) is 7.57. The van der Waals surface area contributed by atoms with E-state index in [1.54, 1.807) is 35.2 Å². The number of nitrogen functional groups attached to an aromatic ring is 1. The number of halogens is 1. The third kappa shape index (κ3) is 3.29. The summed E-state index contributed by atoms with van der Waals surface area (Å²) in [5, 5.41) is 10.0. The lowest BCUT2D eigenvalue weighted by atomic mass is 10.1. The van der Waals surface area contributed by atoms with Crippen LogP contribution in [0.15, 0.2) is 42.6 Å². The van der Waals surface area contributed by atoms with Crippen LogP contribution in [0.3, 0.4) is 0 Å². The number of hydrogen-bond donors (Lipinski definition) is 2. The fourth-order valence-corrected chi connectivity index (χ4v) is 2.97. The number of anilines is 4. The molecule has 0 saturated heterocycles. The van der Waals surface area contributed by atoms with E-state index in [1.807, 2.05) is 6.92 Å². The first kappa shape index (κ1) is 16.9. The summed E-state index contributed by atoms with van der Waals surface area (Å²) in [6.45, 7) is 2.73. The van der Waals surface area contributed by atoms with Crippen molar-refractivity contribution in [3.63, 3.8) is 0 Å². The summed E-state index contributed by atoms with van der Waals surface area (Å²) in [6.07, 6.45) is 1.01. The number of aromatic nitrogens is 2. The average Bonchev–Trinajstić information content (AvgIpc) is 2.64. The Morgan fingerprint density at radius 3 is 2.63 bits per heavy atom. The second kappa shape index (κ2) is 6.64. The number of phenols is 1. The number of aromatic hydroxyl groups is 1. The highest BCUT2D eigenvalue weighted by Gasteiger charge is 2.22. The van der Waals surface area contributed by atoms with Crippen molar-refractivity contribution in [2.24, 2.45) is 0 Å². The number of benzene rings is 2. The molecule has 0 atom stereocenters. The van der Waals surface area contributed by atoms with Crippen LogP contribution >= 0.6 is 0 Å². The van der Waals surface area contributed by atoms with E-state index < -0.39 is 5.82 Å². The number of fused-ring (bicyclic) bond motifs is 1. The second-order valence-corrected chi connectivity index (χ2v) is 6.09. The molecule has 2 aromatic carbocycles. The lowest BCUT2D eigenvalue weighted by Gasteiger charge is -2.27. The van der Waals surface area contributed by atoms with E-state index >= 15 is 0 Å². The maximum Gasteiger partial charge on any atom is 0.222 e. The predicted octanol–water partition coefficient (Wildman–Crippen LogP) is 3.45. The van der Waals surface area contributed by atoms with Gasteiger partial charge in [-0.2, -0.15) is 4.98 Å². The molecular weight excluding hydrogens is 351 g/mol. The van der Waals surface area contributed by atoms with Crippen molar-refractivity contribution in [3.05, 3.63) is 54.0 Å². The molecule has 1 aliphatic heterocycles. The summed E-state index contributed by atoms with van der Waals surface area (Å²) >= 11 is 0. The van der Waals surface area contributed by atoms with Crippen molar-refractivity contribution < 1.29 is 19.0 Å². The number of nitrogens with zero attached hydrogens (tertiary/aromatic N) is 3. The first-order valence-electron chi connectivity index (χ1n) is 8.30. The van der Waals surface area contributed by atoms with E-state index in [9.17, 15) is 9.50 Å². The molecular formula is C19H17FN4O3. The average molecular weight is 368 g/mol. The van der Waals surface area contributed by atoms with Crippen LogP contribution in [-0.2, 0) is 0 Å². The highest BCUT2D eigenvalue weighted by molar-refractivity contribution is 5.77. The van der Waals surface area contributed by atoms with Crippen molar-refractivity contribution in [1.29, 1.82) is 0 Å². The van der Waals surface area contributed by atoms with Crippen molar-refractivity contribution in [2.45, 2.75) is 6.92 Å². The van der Waals surface area contributed by atoms with Crippen LogP contribution < -0.4 is 20.1 Å². The Balaban J connectivity index is 1.92. The fourth-order valence-electron chi connectivity index (χ4n) is 2.97. The maximum absolute atomic E-state index is 14.6. The fraction of sp³-hybridized carbons (Fsp3) is 0.158. The summed E-state index contributed by atoms with van der Waals surface area (Å²) in [5.74, 6) is 0.452. The molecule has 0 bridgehead atoms. The van der Waals surface area contributed by atoms with Crippen molar-refractivity contribution in [2.75, 3.05) is 23.8 Å². The van der Waals surface area contributed by atoms with E-state index in [0.29, 0.717) is 36.1 Å². The number of hydrogen-bond acceptors (Lipinski definition) is 7. The van der Waals surface area contributed by atoms with Gasteiger partial charge in [-0.25, -0.2) is 9.37 Å². The molecule has 0 unspecified atom stereocenters. The first-order chi connectivity index (χ1) is 13.0. The zero-order valence-electron chi connectivity index (χ0n) is 14.5. The highest BCUT2D eigenvalue weighted by Crippen LogP contribution is 2.41. The summed E-state index contributed by atoms with van der Waals surface area (Å²) < 4.78 is 25.8. The molecule has 8 heteroatoms. The number of phenolic OH excluding ortho intramolecular Hbond substituents is 1. The van der Waals surface area contributed by atoms with Gasteiger partial charge in [-0.05, 0) is 36.8 Å². The minimum Gasteiger partial charge on any atom is -0.508 e. The molecule has 3 N–H and O–H groups in total. The van der Waals surface area contributed by atoms with Crippen molar-refractivity contribution in [3.8, 4) is 17.2 Å². The quantitative estimate of drug-likeness (QED) is 0.731. The zero-order valence-corrected chi connectivity index (χ0v) is 14.5. The Morgan fingerprint density at radius 2 is 1.85 bits per heavy atom. The Bertz CT molecular complexity index is 992. The topological polar surface area (TPSA) is 93.7 Å². The van der Waals surface area contributed by atoms with Crippen molar-refractivity contribution >= 4 is 23.1 Å². The number of aryl methyl sites for hydroxylation is 1. The molecule has 0 saturated carbocycles. The Labute approximate surface area is 154 Å². The van der Waals surface area contributed by atoms with Gasteiger partial charge < -0.3 is 20.3 Å². The van der Waals surface area contributed by atoms with Gasteiger partial charge in [-0.1, -0.05) is 0 Å². The van der Waals surface area contributed by atoms with Gasteiger partial charge in [-0.3, -0.25) is 4.90 Å². The smallest absolute Gasteiger partial charge is 0.222 e. The number of rotatable bonds is 3. The van der Waals surface area contributed by atoms with Gasteiger partial charge in [0.05, 0.1) is 17.6 Å². The Kier molecular flexibility index (Phi) is 4.15. The molecule has 138 valence electrons. The van der Waals surface area contributed by atoms with Crippen LogP contribution in [0.2, 0.25) is 0 Å². The summed E-state index contributed by atoms with van der Waals surface area (Å²) in [4.78, 5) is 9.29. The van der Waals surface area contributed by atoms with E-state index in [2.05, 4.69) is 9.97 Å². The Morgan fingerprint density at radius 1 is 1.07 bits per heavy atom. The summed E-state index contributed by atoms with van der Waals surface area (Å²) in [7, 11) is 0. The maximum atomic E-state index is 14.6. The molecule has 1 aliphatic rings. The van der Waals surface area contributed by atoms with Crippen LogP contribution in [0.1, 0.15) is 5.56 Å². The third-order valence-corrected chi connectivity index (χ3v) is 4.05. The molecule has 0 fully saturated rings. The van der Waals surface area contributed by atoms with Crippen LogP contribution in [0, 0.1) is 12.7 Å². The van der Waals surface area contributed by atoms with Gasteiger partial charge in [-0.15, -0.1) is 0 Å². The third-order valence-electron chi connectivity index (χ3n) is 4.05. The molecule has 27 heavy (non-hydrogen) atoms. The van der Waals surface area contributed by atoms with Gasteiger partial charge in [0, 0.05) is 12.1 Å². The van der Waals surface area contributed by atoms with Crippen LogP contribution in [-0.4, -0.2) is 28.3 Å². The zero-order chi connectivity index (χ0) is 19.0. The molecule has 0 radical (unpaired) electrons. The highest BCUT2D eigenvalue weighted by atomic mass is 19.1. The van der Waals surface area contributed by atoms with Gasteiger partial charge in [0.15, 0.2) is 23.1 Å². The first-order valence-corrected chi connectivity index (χ1v) is 8.30. The van der Waals surface area contributed by atoms with E-state index in [-0.39, 0.29) is 17.5 Å². The van der Waals surface area contributed by atoms with Gasteiger partial charge in [0.2, 0.25) is 5.95 Å². The molecule has 0 amide bonds. The largest absolute Gasteiger partial charge is 0.508 e. The van der Waals surface area contributed by atoms with Gasteiger partial charge in [0.1, 0.15) is 19.0 Å². The monoisotopic (exact) mass is 368 g/mol. The van der Waals surface area contributed by atoms with Crippen LogP contribution in [0.25, 0.3) is 0 Å². The van der Waals surface area contributed by atoms with Gasteiger partial charge >= 0.3 is 0 Å². The lowest BCUT2D eigenvalue weighted by Crippen LogP contribution is -2.18. The molecule has 3 aromatic rings. The molecule has 0 spiro atoms. The minimum absolute atomic E-state index is 0.0378. The van der Waals surface area contributed by atoms with Gasteiger partial charge in [0.25, 0.3) is 0 Å². The number of nitrogens with two attached hydrogens (primary N) is 1. The molecule has 0 aliphatic carbocycles. The Hall–Kier alpha value is -3.55. The second-order valence-electron chi connectivity index (χ2n) is 6.09. The van der Waals surface area contributed by atoms with Crippen LogP contribution in [0.4, 0.5) is 27.5 Å². The lowest BCUT2D eigenvalue weighted by molar-refractivity contribution is 0.171. The van der Waals surface area contributed by atoms with E-state index in [4.69, 9.17) is 15.2 Å². The molecule has 7 nitrogen and oxygen atoms in total. The van der Waals surface area contributed by atoms with Crippen LogP contribution in [0.5, 0.6) is 17.2 Å². The standard InChI is InChI=1S/C19H17FN4O3/c1-11-6-13(8-14(25)7-11)24(18-15(20)10-22-19(21)23-18)12-2-3-16-17(9-12)27-5-4-26-16/h2-3,6-10,25H,4-5H2,1H3,(H2,21,22,23). The van der Waals surface area contributed by atoms with E-state index in [0.717, 1.165) is 11.8 Å². The minimum atomic E-state index is -0.653. The normalized spacial score (nSPS) is 12.7. The summed E-state index contributed by atoms with van der Waals surface area (Å²) in [6, 6.07) is 10.1. The van der Waals surface area contributed by atoms with Crippen molar-refractivity contribution in [1.82, 2.24) is 9.97 Å². The number of ether oxygens (including phenoxy) is 2. The molecule has 2 heterocycles. The molecule has 4 rings (SSSR count). The molecule has 1 aromatic heterocycles. The predicted molar refractivity (Wildman–Crippen MR) is 98.5 cm³/mol. The van der Waals surface area contributed by atoms with E-state index in [1.165, 1.54) is 6.07 Å².